The average Bonchev–Trinajstić information content (AvgIpc) is 2.78. The van der Waals surface area contributed by atoms with Crippen molar-refractivity contribution in [2.45, 2.75) is 18.9 Å². The number of nitrogens with one attached hydrogen (secondary N) is 2. The molecule has 1 saturated heterocycles. The van der Waals surface area contributed by atoms with Gasteiger partial charge in [0, 0.05) is 32.4 Å². The monoisotopic (exact) mass is 253 g/mol. The smallest absolute Gasteiger partial charge is 0.0659 e. The maximum atomic E-state index is 6.22. The number of rotatable bonds is 4. The van der Waals surface area contributed by atoms with Crippen molar-refractivity contribution in [3.63, 3.8) is 0 Å². The molecule has 0 amide bonds. The van der Waals surface area contributed by atoms with Crippen molar-refractivity contribution in [1.82, 2.24) is 5.32 Å². The molecule has 0 aliphatic carbocycles. The molecule has 0 spiro atoms. The minimum atomic E-state index is 0.599. The summed E-state index contributed by atoms with van der Waals surface area (Å²) in [5.41, 5.74) is 2.14. The van der Waals surface area contributed by atoms with Crippen LogP contribution in [0.3, 0.4) is 0 Å². The van der Waals surface area contributed by atoms with Gasteiger partial charge in [-0.25, -0.2) is 0 Å². The Balaban J connectivity index is 1.94. The molecule has 1 aromatic carbocycles. The maximum Gasteiger partial charge on any atom is 0.0659 e. The first-order valence-corrected chi connectivity index (χ1v) is 6.49. The minimum absolute atomic E-state index is 0.599. The van der Waals surface area contributed by atoms with Crippen LogP contribution in [0, 0.1) is 0 Å². The zero-order valence-electron chi connectivity index (χ0n) is 10.5. The van der Waals surface area contributed by atoms with Crippen LogP contribution in [0.15, 0.2) is 18.2 Å². The lowest BCUT2D eigenvalue weighted by atomic mass is 10.2. The van der Waals surface area contributed by atoms with E-state index in [4.69, 9.17) is 11.6 Å². The van der Waals surface area contributed by atoms with Crippen molar-refractivity contribution < 1.29 is 0 Å². The number of hydrogen-bond donors (Lipinski definition) is 2. The van der Waals surface area contributed by atoms with Gasteiger partial charge in [0.25, 0.3) is 0 Å². The standard InChI is InChI=1S/C13H20ClN3/c1-17(2)13-6-5-10(8-12(13)14)16-9-11-4-3-7-15-11/h5-6,8,11,15-16H,3-4,7,9H2,1-2H3. The van der Waals surface area contributed by atoms with Crippen LogP contribution in [0.25, 0.3) is 0 Å². The van der Waals surface area contributed by atoms with E-state index in [-0.39, 0.29) is 0 Å². The third-order valence-corrected chi connectivity index (χ3v) is 3.45. The fourth-order valence-electron chi connectivity index (χ4n) is 2.15. The van der Waals surface area contributed by atoms with E-state index >= 15 is 0 Å². The van der Waals surface area contributed by atoms with Crippen LogP contribution in [-0.4, -0.2) is 33.2 Å². The molecule has 1 aromatic rings. The van der Waals surface area contributed by atoms with Crippen LogP contribution < -0.4 is 15.5 Å². The Morgan fingerprint density at radius 3 is 2.88 bits per heavy atom. The van der Waals surface area contributed by atoms with Gasteiger partial charge in [0.05, 0.1) is 10.7 Å². The summed E-state index contributed by atoms with van der Waals surface area (Å²) in [5.74, 6) is 0. The second kappa shape index (κ2) is 5.61. The van der Waals surface area contributed by atoms with Crippen LogP contribution in [-0.2, 0) is 0 Å². The van der Waals surface area contributed by atoms with E-state index in [1.54, 1.807) is 0 Å². The Kier molecular flexibility index (Phi) is 4.13. The molecule has 2 N–H and O–H groups in total. The summed E-state index contributed by atoms with van der Waals surface area (Å²) in [7, 11) is 3.99. The molecule has 0 aromatic heterocycles. The molecule has 4 heteroatoms. The van der Waals surface area contributed by atoms with Gasteiger partial charge in [-0.05, 0) is 37.6 Å². The highest BCUT2D eigenvalue weighted by Crippen LogP contribution is 2.27. The summed E-state index contributed by atoms with van der Waals surface area (Å²) in [4.78, 5) is 2.02. The summed E-state index contributed by atoms with van der Waals surface area (Å²) in [6.45, 7) is 2.12. The molecular weight excluding hydrogens is 234 g/mol. The fraction of sp³-hybridized carbons (Fsp3) is 0.538. The van der Waals surface area contributed by atoms with Gasteiger partial charge in [-0.3, -0.25) is 0 Å². The predicted molar refractivity (Wildman–Crippen MR) is 75.3 cm³/mol. The Hall–Kier alpha value is -0.930. The van der Waals surface area contributed by atoms with E-state index in [1.165, 1.54) is 12.8 Å². The molecule has 1 aliphatic rings. The zero-order valence-corrected chi connectivity index (χ0v) is 11.2. The van der Waals surface area contributed by atoms with Gasteiger partial charge in [-0.1, -0.05) is 11.6 Å². The van der Waals surface area contributed by atoms with Gasteiger partial charge in [0.1, 0.15) is 0 Å². The second-order valence-electron chi connectivity index (χ2n) is 4.73. The molecule has 0 radical (unpaired) electrons. The Morgan fingerprint density at radius 1 is 1.47 bits per heavy atom. The summed E-state index contributed by atoms with van der Waals surface area (Å²) < 4.78 is 0. The largest absolute Gasteiger partial charge is 0.383 e. The molecule has 1 aliphatic heterocycles. The highest BCUT2D eigenvalue weighted by molar-refractivity contribution is 6.33. The number of halogens is 1. The van der Waals surface area contributed by atoms with Gasteiger partial charge in [0.15, 0.2) is 0 Å². The van der Waals surface area contributed by atoms with Crippen LogP contribution in [0.2, 0.25) is 5.02 Å². The molecule has 1 atom stereocenters. The molecule has 1 fully saturated rings. The first-order valence-electron chi connectivity index (χ1n) is 6.11. The molecular formula is C13H20ClN3. The zero-order chi connectivity index (χ0) is 12.3. The van der Waals surface area contributed by atoms with Crippen LogP contribution >= 0.6 is 11.6 Å². The highest BCUT2D eigenvalue weighted by Gasteiger charge is 2.13. The SMILES string of the molecule is CN(C)c1ccc(NCC2CCCN2)cc1Cl. The molecule has 3 nitrogen and oxygen atoms in total. The molecule has 0 saturated carbocycles. The average molecular weight is 254 g/mol. The Labute approximate surface area is 108 Å². The maximum absolute atomic E-state index is 6.22. The van der Waals surface area contributed by atoms with E-state index in [0.717, 1.165) is 29.5 Å². The highest BCUT2D eigenvalue weighted by atomic mass is 35.5. The lowest BCUT2D eigenvalue weighted by molar-refractivity contribution is 0.633. The van der Waals surface area contributed by atoms with Crippen molar-refractivity contribution in [3.05, 3.63) is 23.2 Å². The van der Waals surface area contributed by atoms with E-state index in [0.29, 0.717) is 6.04 Å². The van der Waals surface area contributed by atoms with Crippen molar-refractivity contribution >= 4 is 23.0 Å². The third kappa shape index (κ3) is 3.27. The van der Waals surface area contributed by atoms with Crippen LogP contribution in [0.5, 0.6) is 0 Å². The number of anilines is 2. The van der Waals surface area contributed by atoms with Crippen LogP contribution in [0.1, 0.15) is 12.8 Å². The third-order valence-electron chi connectivity index (χ3n) is 3.14. The predicted octanol–water partition coefficient (Wildman–Crippen LogP) is 2.57. The van der Waals surface area contributed by atoms with Crippen LogP contribution in [0.4, 0.5) is 11.4 Å². The Morgan fingerprint density at radius 2 is 2.29 bits per heavy atom. The lowest BCUT2D eigenvalue weighted by Gasteiger charge is -2.17. The van der Waals surface area contributed by atoms with Gasteiger partial charge >= 0.3 is 0 Å². The normalized spacial score (nSPS) is 19.4. The fourth-order valence-corrected chi connectivity index (χ4v) is 2.50. The van der Waals surface area contributed by atoms with Gasteiger partial charge < -0.3 is 15.5 Å². The quantitative estimate of drug-likeness (QED) is 0.864. The molecule has 2 rings (SSSR count). The molecule has 94 valence electrons. The first-order chi connectivity index (χ1) is 8.16. The number of hydrogen-bond acceptors (Lipinski definition) is 3. The summed E-state index contributed by atoms with van der Waals surface area (Å²) in [6.07, 6.45) is 2.54. The van der Waals surface area contributed by atoms with Crippen molar-refractivity contribution in [3.8, 4) is 0 Å². The van der Waals surface area contributed by atoms with E-state index in [1.807, 2.05) is 31.1 Å². The molecule has 0 bridgehead atoms. The lowest BCUT2D eigenvalue weighted by Crippen LogP contribution is -2.29. The summed E-state index contributed by atoms with van der Waals surface area (Å²) in [5, 5.41) is 7.69. The second-order valence-corrected chi connectivity index (χ2v) is 5.14. The first kappa shape index (κ1) is 12.5. The summed E-state index contributed by atoms with van der Waals surface area (Å²) in [6, 6.07) is 6.72. The topological polar surface area (TPSA) is 27.3 Å². The number of benzene rings is 1. The minimum Gasteiger partial charge on any atom is -0.383 e. The van der Waals surface area contributed by atoms with Crippen molar-refractivity contribution in [2.75, 3.05) is 37.4 Å². The van der Waals surface area contributed by atoms with Crippen molar-refractivity contribution in [1.29, 1.82) is 0 Å². The van der Waals surface area contributed by atoms with E-state index < -0.39 is 0 Å². The summed E-state index contributed by atoms with van der Waals surface area (Å²) >= 11 is 6.22. The Bertz CT molecular complexity index is 373. The van der Waals surface area contributed by atoms with Gasteiger partial charge in [0.2, 0.25) is 0 Å². The molecule has 1 unspecified atom stereocenters. The van der Waals surface area contributed by atoms with Gasteiger partial charge in [-0.15, -0.1) is 0 Å². The number of nitrogens with zero attached hydrogens (tertiary/aromatic N) is 1. The van der Waals surface area contributed by atoms with Crippen molar-refractivity contribution in [2.24, 2.45) is 0 Å². The van der Waals surface area contributed by atoms with Gasteiger partial charge in [-0.2, -0.15) is 0 Å². The molecule has 17 heavy (non-hydrogen) atoms. The molecule has 1 heterocycles. The van der Waals surface area contributed by atoms with E-state index in [2.05, 4.69) is 16.7 Å². The van der Waals surface area contributed by atoms with E-state index in [9.17, 15) is 0 Å².